The minimum Gasteiger partial charge on any atom is -0.392 e. The highest BCUT2D eigenvalue weighted by Gasteiger charge is 2.38. The molecule has 2 unspecified atom stereocenters. The third kappa shape index (κ3) is 2.30. The predicted molar refractivity (Wildman–Crippen MR) is 69.5 cm³/mol. The quantitative estimate of drug-likeness (QED) is 0.752. The second kappa shape index (κ2) is 4.79. The van der Waals surface area contributed by atoms with Crippen LogP contribution in [0.4, 0.5) is 13.2 Å². The van der Waals surface area contributed by atoms with E-state index in [2.05, 4.69) is 5.16 Å². The van der Waals surface area contributed by atoms with Crippen molar-refractivity contribution < 1.29 is 18.0 Å². The maximum absolute atomic E-state index is 13.0. The van der Waals surface area contributed by atoms with E-state index >= 15 is 0 Å². The molecule has 1 aromatic rings. The summed E-state index contributed by atoms with van der Waals surface area (Å²) in [6.07, 6.45) is -0.206. The molecule has 2 nitrogen and oxygen atoms in total. The van der Waals surface area contributed by atoms with Gasteiger partial charge in [-0.15, -0.1) is 0 Å². The summed E-state index contributed by atoms with van der Waals surface area (Å²) in [5, 5.41) is 4.05. The zero-order chi connectivity index (χ0) is 14.3. The molecule has 0 aromatic heterocycles. The first-order valence-corrected chi connectivity index (χ1v) is 6.89. The van der Waals surface area contributed by atoms with Gasteiger partial charge in [0.2, 0.25) is 0 Å². The molecule has 0 spiro atoms. The molecule has 1 heterocycles. The lowest BCUT2D eigenvalue weighted by Crippen LogP contribution is -2.27. The van der Waals surface area contributed by atoms with Crippen LogP contribution in [0.2, 0.25) is 0 Å². The molecule has 1 aliphatic carbocycles. The SMILES string of the molecule is Cc1ccc(C2=NOC3CCCCC23)cc1C(F)(F)F. The minimum atomic E-state index is -4.33. The van der Waals surface area contributed by atoms with Gasteiger partial charge in [-0.25, -0.2) is 0 Å². The van der Waals surface area contributed by atoms with E-state index in [9.17, 15) is 13.2 Å². The van der Waals surface area contributed by atoms with Crippen molar-refractivity contribution in [2.24, 2.45) is 11.1 Å². The summed E-state index contributed by atoms with van der Waals surface area (Å²) in [5.41, 5.74) is 0.871. The Labute approximate surface area is 115 Å². The van der Waals surface area contributed by atoms with Gasteiger partial charge in [-0.2, -0.15) is 13.2 Å². The summed E-state index contributed by atoms with van der Waals surface area (Å²) in [6, 6.07) is 4.43. The number of aryl methyl sites for hydroxylation is 1. The molecule has 0 amide bonds. The number of rotatable bonds is 1. The van der Waals surface area contributed by atoms with Crippen LogP contribution in [-0.2, 0) is 11.0 Å². The van der Waals surface area contributed by atoms with Gasteiger partial charge >= 0.3 is 6.18 Å². The Balaban J connectivity index is 1.95. The molecule has 1 fully saturated rings. The molecule has 0 N–H and O–H groups in total. The Bertz CT molecular complexity index is 551. The normalized spacial score (nSPS) is 25.9. The molecule has 1 aromatic carbocycles. The first kappa shape index (κ1) is 13.5. The van der Waals surface area contributed by atoms with Crippen LogP contribution in [0.5, 0.6) is 0 Å². The second-order valence-electron chi connectivity index (χ2n) is 5.54. The number of hydrogen-bond acceptors (Lipinski definition) is 2. The number of fused-ring (bicyclic) bond motifs is 1. The lowest BCUT2D eigenvalue weighted by Gasteiger charge is -2.23. The Hall–Kier alpha value is -1.52. The number of halogens is 3. The molecule has 1 saturated carbocycles. The second-order valence-corrected chi connectivity index (χ2v) is 5.54. The van der Waals surface area contributed by atoms with Gasteiger partial charge in [0.1, 0.15) is 6.10 Å². The highest BCUT2D eigenvalue weighted by Crippen LogP contribution is 2.37. The van der Waals surface area contributed by atoms with Gasteiger partial charge in [0, 0.05) is 11.5 Å². The first-order valence-electron chi connectivity index (χ1n) is 6.89. The van der Waals surface area contributed by atoms with Crippen LogP contribution in [0.3, 0.4) is 0 Å². The molecule has 3 rings (SSSR count). The van der Waals surface area contributed by atoms with E-state index in [1.807, 2.05) is 0 Å². The van der Waals surface area contributed by atoms with Crippen molar-refractivity contribution in [3.8, 4) is 0 Å². The lowest BCUT2D eigenvalue weighted by atomic mass is 9.81. The molecule has 5 heteroatoms. The summed E-state index contributed by atoms with van der Waals surface area (Å²) in [7, 11) is 0. The Kier molecular flexibility index (Phi) is 3.22. The van der Waals surface area contributed by atoms with Crippen molar-refractivity contribution in [2.45, 2.75) is 44.9 Å². The predicted octanol–water partition coefficient (Wildman–Crippen LogP) is 4.31. The van der Waals surface area contributed by atoms with Crippen LogP contribution in [0.15, 0.2) is 23.4 Å². The van der Waals surface area contributed by atoms with Crippen LogP contribution < -0.4 is 0 Å². The van der Waals surface area contributed by atoms with Crippen molar-refractivity contribution in [1.82, 2.24) is 0 Å². The fourth-order valence-electron chi connectivity index (χ4n) is 3.08. The van der Waals surface area contributed by atoms with E-state index < -0.39 is 11.7 Å². The molecule has 0 bridgehead atoms. The summed E-state index contributed by atoms with van der Waals surface area (Å²) in [6.45, 7) is 1.48. The van der Waals surface area contributed by atoms with E-state index in [4.69, 9.17) is 4.84 Å². The molecule has 0 radical (unpaired) electrons. The zero-order valence-electron chi connectivity index (χ0n) is 11.2. The van der Waals surface area contributed by atoms with Crippen LogP contribution in [-0.4, -0.2) is 11.8 Å². The van der Waals surface area contributed by atoms with Gasteiger partial charge in [0.25, 0.3) is 0 Å². The average Bonchev–Trinajstić information content (AvgIpc) is 2.82. The summed E-state index contributed by atoms with van der Waals surface area (Å²) < 4.78 is 38.9. The van der Waals surface area contributed by atoms with Crippen molar-refractivity contribution in [2.75, 3.05) is 0 Å². The number of oxime groups is 1. The van der Waals surface area contributed by atoms with Gasteiger partial charge in [0.05, 0.1) is 11.3 Å². The zero-order valence-corrected chi connectivity index (χ0v) is 11.2. The van der Waals surface area contributed by atoms with Crippen molar-refractivity contribution in [3.63, 3.8) is 0 Å². The Morgan fingerprint density at radius 1 is 1.20 bits per heavy atom. The smallest absolute Gasteiger partial charge is 0.392 e. The molecular formula is C15H16F3NO. The molecule has 1 aliphatic heterocycles. The first-order chi connectivity index (χ1) is 9.47. The molecular weight excluding hydrogens is 267 g/mol. The van der Waals surface area contributed by atoms with E-state index in [1.165, 1.54) is 19.1 Å². The largest absolute Gasteiger partial charge is 0.416 e. The molecule has 20 heavy (non-hydrogen) atoms. The highest BCUT2D eigenvalue weighted by molar-refractivity contribution is 6.03. The monoisotopic (exact) mass is 283 g/mol. The highest BCUT2D eigenvalue weighted by atomic mass is 19.4. The van der Waals surface area contributed by atoms with Crippen LogP contribution in [0, 0.1) is 12.8 Å². The number of hydrogen-bond donors (Lipinski definition) is 0. The number of benzene rings is 1. The van der Waals surface area contributed by atoms with Crippen LogP contribution in [0.1, 0.15) is 42.4 Å². The third-order valence-corrected chi connectivity index (χ3v) is 4.18. The Morgan fingerprint density at radius 3 is 2.70 bits per heavy atom. The lowest BCUT2D eigenvalue weighted by molar-refractivity contribution is -0.138. The minimum absolute atomic E-state index is 0.0504. The van der Waals surface area contributed by atoms with Gasteiger partial charge in [-0.1, -0.05) is 23.7 Å². The molecule has 2 atom stereocenters. The fourth-order valence-corrected chi connectivity index (χ4v) is 3.08. The maximum Gasteiger partial charge on any atom is 0.416 e. The van der Waals surface area contributed by atoms with E-state index in [-0.39, 0.29) is 17.6 Å². The standard InChI is InChI=1S/C15H16F3NO/c1-9-6-7-10(8-12(9)15(16,17)18)14-11-4-2-3-5-13(11)20-19-14/h6-8,11,13H,2-5H2,1H3. The van der Waals surface area contributed by atoms with Gasteiger partial charge in [0.15, 0.2) is 0 Å². The van der Waals surface area contributed by atoms with E-state index in [0.717, 1.165) is 25.7 Å². The van der Waals surface area contributed by atoms with Gasteiger partial charge in [-0.3, -0.25) is 0 Å². The van der Waals surface area contributed by atoms with Crippen LogP contribution >= 0.6 is 0 Å². The topological polar surface area (TPSA) is 21.6 Å². The van der Waals surface area contributed by atoms with Gasteiger partial charge in [-0.05, 0) is 37.8 Å². The molecule has 0 saturated heterocycles. The maximum atomic E-state index is 13.0. The van der Waals surface area contributed by atoms with Crippen LogP contribution in [0.25, 0.3) is 0 Å². The summed E-state index contributed by atoms with van der Waals surface area (Å²) in [4.78, 5) is 5.39. The van der Waals surface area contributed by atoms with Gasteiger partial charge < -0.3 is 4.84 Å². The fraction of sp³-hybridized carbons (Fsp3) is 0.533. The van der Waals surface area contributed by atoms with Crippen molar-refractivity contribution >= 4 is 5.71 Å². The number of nitrogens with zero attached hydrogens (tertiary/aromatic N) is 1. The molecule has 108 valence electrons. The number of alkyl halides is 3. The summed E-state index contributed by atoms with van der Waals surface area (Å²) in [5.74, 6) is 0.146. The molecule has 2 aliphatic rings. The third-order valence-electron chi connectivity index (χ3n) is 4.18. The van der Waals surface area contributed by atoms with Crippen molar-refractivity contribution in [3.05, 3.63) is 34.9 Å². The Morgan fingerprint density at radius 2 is 1.95 bits per heavy atom. The van der Waals surface area contributed by atoms with E-state index in [0.29, 0.717) is 11.3 Å². The average molecular weight is 283 g/mol. The van der Waals surface area contributed by atoms with E-state index in [1.54, 1.807) is 6.07 Å². The van der Waals surface area contributed by atoms with Crippen molar-refractivity contribution in [1.29, 1.82) is 0 Å². The summed E-state index contributed by atoms with van der Waals surface area (Å²) >= 11 is 0.